The third-order valence-electron chi connectivity index (χ3n) is 3.21. The molecule has 5 heteroatoms. The summed E-state index contributed by atoms with van der Waals surface area (Å²) in [6, 6.07) is 5.78. The predicted molar refractivity (Wildman–Crippen MR) is 65.1 cm³/mol. The van der Waals surface area contributed by atoms with Gasteiger partial charge in [0.25, 0.3) is 0 Å². The Labute approximate surface area is 104 Å². The van der Waals surface area contributed by atoms with Gasteiger partial charge in [-0.15, -0.1) is 0 Å². The molecule has 0 aliphatic carbocycles. The van der Waals surface area contributed by atoms with Gasteiger partial charge in [-0.3, -0.25) is 0 Å². The van der Waals surface area contributed by atoms with Crippen molar-refractivity contribution < 1.29 is 19.4 Å². The molecule has 0 bridgehead atoms. The van der Waals surface area contributed by atoms with Crippen LogP contribution in [-0.4, -0.2) is 31.0 Å². The summed E-state index contributed by atoms with van der Waals surface area (Å²) in [6.07, 6.45) is 2.32. The number of fused-ring (bicyclic) bond motifs is 1. The molecule has 0 saturated carbocycles. The average molecular weight is 247 g/mol. The summed E-state index contributed by atoms with van der Waals surface area (Å²) in [5.74, 6) is 0.693. The quantitative estimate of drug-likeness (QED) is 0.860. The fourth-order valence-corrected chi connectivity index (χ4v) is 2.18. The van der Waals surface area contributed by atoms with Crippen molar-refractivity contribution in [3.8, 4) is 11.5 Å². The molecule has 0 atom stereocenters. The number of aliphatic carboxylic acids is 1. The van der Waals surface area contributed by atoms with Crippen LogP contribution >= 0.6 is 0 Å². The maximum absolute atomic E-state index is 10.8. The number of hydrogen-bond donors (Lipinski definition) is 1. The molecular formula is C13H13NO4. The molecule has 3 rings (SSSR count). The molecule has 0 saturated heterocycles. The summed E-state index contributed by atoms with van der Waals surface area (Å²) >= 11 is 0. The van der Waals surface area contributed by atoms with Gasteiger partial charge in [0, 0.05) is 30.4 Å². The normalized spacial score (nSPS) is 17.6. The van der Waals surface area contributed by atoms with Crippen molar-refractivity contribution >= 4 is 11.7 Å². The second kappa shape index (κ2) is 4.25. The van der Waals surface area contributed by atoms with Gasteiger partial charge in [0.2, 0.25) is 6.79 Å². The second-order valence-corrected chi connectivity index (χ2v) is 4.27. The molecule has 0 radical (unpaired) electrons. The van der Waals surface area contributed by atoms with Crippen LogP contribution in [0.25, 0.3) is 0 Å². The highest BCUT2D eigenvalue weighted by molar-refractivity contribution is 5.87. The van der Waals surface area contributed by atoms with E-state index in [-0.39, 0.29) is 6.79 Å². The lowest BCUT2D eigenvalue weighted by Crippen LogP contribution is -2.29. The van der Waals surface area contributed by atoms with E-state index in [0.717, 1.165) is 17.2 Å². The highest BCUT2D eigenvalue weighted by Gasteiger charge is 2.19. The Hall–Kier alpha value is -2.17. The van der Waals surface area contributed by atoms with E-state index in [1.807, 2.05) is 18.2 Å². The minimum Gasteiger partial charge on any atom is -0.478 e. The first kappa shape index (κ1) is 11.0. The van der Waals surface area contributed by atoms with E-state index in [4.69, 9.17) is 14.6 Å². The number of ether oxygens (including phenoxy) is 2. The number of carboxylic acid groups (broad SMARTS) is 1. The molecule has 0 amide bonds. The van der Waals surface area contributed by atoms with E-state index in [9.17, 15) is 4.79 Å². The van der Waals surface area contributed by atoms with Crippen LogP contribution < -0.4 is 14.4 Å². The van der Waals surface area contributed by atoms with E-state index < -0.39 is 5.97 Å². The molecule has 0 aromatic heterocycles. The molecule has 1 N–H and O–H groups in total. The molecule has 2 aliphatic rings. The number of nitrogens with zero attached hydrogens (tertiary/aromatic N) is 1. The fourth-order valence-electron chi connectivity index (χ4n) is 2.18. The lowest BCUT2D eigenvalue weighted by molar-refractivity contribution is -0.132. The van der Waals surface area contributed by atoms with Crippen molar-refractivity contribution in [1.82, 2.24) is 0 Å². The fraction of sp³-hybridized carbons (Fsp3) is 0.308. The van der Waals surface area contributed by atoms with Crippen molar-refractivity contribution in [2.75, 3.05) is 24.8 Å². The standard InChI is InChI=1S/C13H13NO4/c15-13(16)9-3-5-14(6-4-9)10-1-2-11-12(7-10)18-8-17-11/h1-3,7H,4-6,8H2,(H,15,16). The van der Waals surface area contributed by atoms with Crippen molar-refractivity contribution in [1.29, 1.82) is 0 Å². The molecule has 2 heterocycles. The summed E-state index contributed by atoms with van der Waals surface area (Å²) in [4.78, 5) is 12.9. The Morgan fingerprint density at radius 3 is 2.83 bits per heavy atom. The van der Waals surface area contributed by atoms with Crippen LogP contribution in [-0.2, 0) is 4.79 Å². The van der Waals surface area contributed by atoms with Crippen molar-refractivity contribution in [2.24, 2.45) is 0 Å². The van der Waals surface area contributed by atoms with Crippen LogP contribution in [0, 0.1) is 0 Å². The Balaban J connectivity index is 1.79. The minimum absolute atomic E-state index is 0.266. The first-order valence-electron chi connectivity index (χ1n) is 5.81. The van der Waals surface area contributed by atoms with Gasteiger partial charge in [-0.25, -0.2) is 4.79 Å². The molecule has 0 spiro atoms. The zero-order valence-corrected chi connectivity index (χ0v) is 9.76. The van der Waals surface area contributed by atoms with E-state index in [0.29, 0.717) is 25.1 Å². The van der Waals surface area contributed by atoms with Crippen LogP contribution in [0.5, 0.6) is 11.5 Å². The Bertz CT molecular complexity index is 524. The Morgan fingerprint density at radius 2 is 2.11 bits per heavy atom. The van der Waals surface area contributed by atoms with E-state index in [1.54, 1.807) is 6.08 Å². The largest absolute Gasteiger partial charge is 0.478 e. The van der Waals surface area contributed by atoms with Crippen molar-refractivity contribution in [2.45, 2.75) is 6.42 Å². The molecule has 18 heavy (non-hydrogen) atoms. The maximum Gasteiger partial charge on any atom is 0.331 e. The molecular weight excluding hydrogens is 234 g/mol. The van der Waals surface area contributed by atoms with Crippen molar-refractivity contribution in [3.05, 3.63) is 29.8 Å². The Kier molecular flexibility index (Phi) is 2.59. The minimum atomic E-state index is -0.819. The summed E-state index contributed by atoms with van der Waals surface area (Å²) in [5.41, 5.74) is 1.52. The van der Waals surface area contributed by atoms with Gasteiger partial charge in [-0.05, 0) is 18.6 Å². The highest BCUT2D eigenvalue weighted by atomic mass is 16.7. The molecule has 94 valence electrons. The average Bonchev–Trinajstić information content (AvgIpc) is 2.86. The van der Waals surface area contributed by atoms with Gasteiger partial charge in [0.05, 0.1) is 0 Å². The van der Waals surface area contributed by atoms with Gasteiger partial charge in [-0.2, -0.15) is 0 Å². The van der Waals surface area contributed by atoms with E-state index >= 15 is 0 Å². The monoisotopic (exact) mass is 247 g/mol. The first-order chi connectivity index (χ1) is 8.74. The highest BCUT2D eigenvalue weighted by Crippen LogP contribution is 2.35. The zero-order valence-electron chi connectivity index (χ0n) is 9.76. The molecule has 1 aromatic carbocycles. The number of hydrogen-bond acceptors (Lipinski definition) is 4. The van der Waals surface area contributed by atoms with Crippen LogP contribution in [0.1, 0.15) is 6.42 Å². The topological polar surface area (TPSA) is 59.0 Å². The SMILES string of the molecule is O=C(O)C1=CCN(c2ccc3c(c2)OCO3)CC1. The molecule has 0 fully saturated rings. The van der Waals surface area contributed by atoms with Gasteiger partial charge >= 0.3 is 5.97 Å². The van der Waals surface area contributed by atoms with E-state index in [1.165, 1.54) is 0 Å². The van der Waals surface area contributed by atoms with Gasteiger partial charge in [-0.1, -0.05) is 6.08 Å². The molecule has 5 nitrogen and oxygen atoms in total. The number of benzene rings is 1. The lowest BCUT2D eigenvalue weighted by Gasteiger charge is -2.27. The molecule has 1 aromatic rings. The van der Waals surface area contributed by atoms with Gasteiger partial charge < -0.3 is 19.5 Å². The van der Waals surface area contributed by atoms with Gasteiger partial charge in [0.1, 0.15) is 0 Å². The number of anilines is 1. The van der Waals surface area contributed by atoms with Crippen LogP contribution in [0.2, 0.25) is 0 Å². The first-order valence-corrected chi connectivity index (χ1v) is 5.81. The summed E-state index contributed by atoms with van der Waals surface area (Å²) in [7, 11) is 0. The summed E-state index contributed by atoms with van der Waals surface area (Å²) < 4.78 is 10.6. The molecule has 2 aliphatic heterocycles. The number of carbonyl (C=O) groups is 1. The maximum atomic E-state index is 10.8. The number of rotatable bonds is 2. The predicted octanol–water partition coefficient (Wildman–Crippen LogP) is 1.64. The lowest BCUT2D eigenvalue weighted by atomic mass is 10.1. The summed E-state index contributed by atoms with van der Waals surface area (Å²) in [5, 5.41) is 8.90. The molecule has 0 unspecified atom stereocenters. The van der Waals surface area contributed by atoms with Crippen LogP contribution in [0.4, 0.5) is 5.69 Å². The van der Waals surface area contributed by atoms with Crippen LogP contribution in [0.3, 0.4) is 0 Å². The van der Waals surface area contributed by atoms with Crippen molar-refractivity contribution in [3.63, 3.8) is 0 Å². The summed E-state index contributed by atoms with van der Waals surface area (Å²) in [6.45, 7) is 1.58. The second-order valence-electron chi connectivity index (χ2n) is 4.27. The van der Waals surface area contributed by atoms with Gasteiger partial charge in [0.15, 0.2) is 11.5 Å². The Morgan fingerprint density at radius 1 is 1.28 bits per heavy atom. The third kappa shape index (κ3) is 1.88. The smallest absolute Gasteiger partial charge is 0.331 e. The number of carboxylic acids is 1. The van der Waals surface area contributed by atoms with Crippen LogP contribution in [0.15, 0.2) is 29.8 Å². The van der Waals surface area contributed by atoms with E-state index in [2.05, 4.69) is 4.90 Å². The zero-order chi connectivity index (χ0) is 12.5. The third-order valence-corrected chi connectivity index (χ3v) is 3.21.